The Kier molecular flexibility index (Phi) is 6.15. The fourth-order valence-electron chi connectivity index (χ4n) is 5.03. The first-order valence-electron chi connectivity index (χ1n) is 11.4. The fraction of sp³-hybridized carbons (Fsp3) is 0.346. The molecule has 172 valence electrons. The number of amides is 1. The highest BCUT2D eigenvalue weighted by atomic mass is 19.1. The second-order valence-electron chi connectivity index (χ2n) is 8.76. The van der Waals surface area contributed by atoms with E-state index in [1.54, 1.807) is 25.3 Å². The molecule has 2 saturated heterocycles. The lowest BCUT2D eigenvalue weighted by Crippen LogP contribution is -2.48. The summed E-state index contributed by atoms with van der Waals surface area (Å²) in [5.41, 5.74) is 8.50. The van der Waals surface area contributed by atoms with Gasteiger partial charge in [-0.2, -0.15) is 0 Å². The second-order valence-corrected chi connectivity index (χ2v) is 8.76. The van der Waals surface area contributed by atoms with E-state index < -0.39 is 0 Å². The summed E-state index contributed by atoms with van der Waals surface area (Å²) >= 11 is 0. The number of methoxy groups -OCH3 is 1. The molecule has 0 spiro atoms. The zero-order valence-electron chi connectivity index (χ0n) is 18.6. The van der Waals surface area contributed by atoms with Crippen molar-refractivity contribution < 1.29 is 18.3 Å². The number of piperidine rings is 1. The standard InChI is InChI=1S/C26H28FN3O3/c1-32-21-9-7-17(8-10-21)23-11-12-24(33-23)26(31)30-13-3-5-19(16-30)25-22(15-28-29-25)18-4-2-6-20(27)14-18/h2,4,6-12,14,19,22,25,28-29H,3,5,13,15-16H2,1H3. The van der Waals surface area contributed by atoms with Gasteiger partial charge < -0.3 is 14.1 Å². The summed E-state index contributed by atoms with van der Waals surface area (Å²) in [5.74, 6) is 1.89. The van der Waals surface area contributed by atoms with Gasteiger partial charge in [-0.3, -0.25) is 15.6 Å². The van der Waals surface area contributed by atoms with Crippen LogP contribution in [0.2, 0.25) is 0 Å². The molecule has 0 saturated carbocycles. The first-order valence-corrected chi connectivity index (χ1v) is 11.4. The van der Waals surface area contributed by atoms with Crippen molar-refractivity contribution in [2.24, 2.45) is 5.92 Å². The van der Waals surface area contributed by atoms with Crippen molar-refractivity contribution in [1.29, 1.82) is 0 Å². The van der Waals surface area contributed by atoms with Crippen molar-refractivity contribution in [1.82, 2.24) is 15.8 Å². The molecule has 2 fully saturated rings. The van der Waals surface area contributed by atoms with Crippen LogP contribution in [0, 0.1) is 11.7 Å². The Morgan fingerprint density at radius 2 is 2.00 bits per heavy atom. The van der Waals surface area contributed by atoms with E-state index in [4.69, 9.17) is 9.15 Å². The highest BCUT2D eigenvalue weighted by Crippen LogP contribution is 2.33. The second kappa shape index (κ2) is 9.37. The lowest BCUT2D eigenvalue weighted by molar-refractivity contribution is 0.0614. The molecule has 3 heterocycles. The molecule has 2 aliphatic rings. The summed E-state index contributed by atoms with van der Waals surface area (Å²) in [5, 5.41) is 0. The number of nitrogens with one attached hydrogen (secondary N) is 2. The number of hydrogen-bond donors (Lipinski definition) is 2. The summed E-state index contributed by atoms with van der Waals surface area (Å²) in [6.07, 6.45) is 1.95. The lowest BCUT2D eigenvalue weighted by atomic mass is 9.81. The largest absolute Gasteiger partial charge is 0.497 e. The molecule has 3 atom stereocenters. The summed E-state index contributed by atoms with van der Waals surface area (Å²) in [6.45, 7) is 2.09. The van der Waals surface area contributed by atoms with Crippen LogP contribution in [0.4, 0.5) is 4.39 Å². The number of furan rings is 1. The van der Waals surface area contributed by atoms with Crippen LogP contribution < -0.4 is 15.6 Å². The number of benzene rings is 2. The minimum atomic E-state index is -0.218. The van der Waals surface area contributed by atoms with Crippen molar-refractivity contribution in [3.63, 3.8) is 0 Å². The molecule has 0 radical (unpaired) electrons. The minimum Gasteiger partial charge on any atom is -0.497 e. The number of ether oxygens (including phenoxy) is 1. The van der Waals surface area contributed by atoms with Crippen LogP contribution in [0.25, 0.3) is 11.3 Å². The number of carbonyl (C=O) groups is 1. The SMILES string of the molecule is COc1ccc(-c2ccc(C(=O)N3CCCC(C4NNCC4c4cccc(F)c4)C3)o2)cc1. The van der Waals surface area contributed by atoms with E-state index >= 15 is 0 Å². The molecule has 5 rings (SSSR count). The molecule has 2 N–H and O–H groups in total. The number of carbonyl (C=O) groups excluding carboxylic acids is 1. The number of hydrogen-bond acceptors (Lipinski definition) is 5. The Labute approximate surface area is 192 Å². The van der Waals surface area contributed by atoms with E-state index in [0.29, 0.717) is 24.6 Å². The van der Waals surface area contributed by atoms with Crippen molar-refractivity contribution in [3.05, 3.63) is 77.8 Å². The Morgan fingerprint density at radius 1 is 1.15 bits per heavy atom. The number of rotatable bonds is 5. The number of likely N-dealkylation sites (tertiary alicyclic amines) is 1. The average Bonchev–Trinajstić information content (AvgIpc) is 3.54. The maximum absolute atomic E-state index is 13.8. The third kappa shape index (κ3) is 4.51. The van der Waals surface area contributed by atoms with Crippen LogP contribution in [-0.2, 0) is 0 Å². The third-order valence-electron chi connectivity index (χ3n) is 6.75. The van der Waals surface area contributed by atoms with Crippen LogP contribution in [0.1, 0.15) is 34.9 Å². The average molecular weight is 450 g/mol. The monoisotopic (exact) mass is 449 g/mol. The van der Waals surface area contributed by atoms with Crippen molar-refractivity contribution in [3.8, 4) is 17.1 Å². The zero-order chi connectivity index (χ0) is 22.8. The van der Waals surface area contributed by atoms with Crippen LogP contribution >= 0.6 is 0 Å². The molecule has 7 heteroatoms. The molecule has 3 aromatic rings. The Bertz CT molecular complexity index is 1110. The highest BCUT2D eigenvalue weighted by Gasteiger charge is 2.38. The van der Waals surface area contributed by atoms with E-state index in [0.717, 1.165) is 36.3 Å². The maximum atomic E-state index is 13.8. The van der Waals surface area contributed by atoms with Crippen LogP contribution in [0.3, 0.4) is 0 Å². The quantitative estimate of drug-likeness (QED) is 0.611. The number of hydrazine groups is 1. The zero-order valence-corrected chi connectivity index (χ0v) is 18.6. The minimum absolute atomic E-state index is 0.0901. The molecule has 1 amide bonds. The van der Waals surface area contributed by atoms with Crippen molar-refractivity contribution in [2.45, 2.75) is 24.8 Å². The predicted octanol–water partition coefficient (Wildman–Crippen LogP) is 4.21. The van der Waals surface area contributed by atoms with Gasteiger partial charge in [0.1, 0.15) is 17.3 Å². The smallest absolute Gasteiger partial charge is 0.289 e. The molecular weight excluding hydrogens is 421 g/mol. The summed E-state index contributed by atoms with van der Waals surface area (Å²) in [4.78, 5) is 15.1. The van der Waals surface area contributed by atoms with E-state index in [1.807, 2.05) is 41.3 Å². The Balaban J connectivity index is 1.28. The lowest BCUT2D eigenvalue weighted by Gasteiger charge is -2.37. The number of halogens is 1. The molecule has 3 unspecified atom stereocenters. The molecular formula is C26H28FN3O3. The summed E-state index contributed by atoms with van der Waals surface area (Å²) in [6, 6.07) is 18.1. The van der Waals surface area contributed by atoms with Crippen LogP contribution in [0.5, 0.6) is 5.75 Å². The van der Waals surface area contributed by atoms with Gasteiger partial charge in [-0.1, -0.05) is 12.1 Å². The van der Waals surface area contributed by atoms with E-state index in [9.17, 15) is 9.18 Å². The normalized spacial score (nSPS) is 23.0. The first-order chi connectivity index (χ1) is 16.1. The Hall–Kier alpha value is -3.16. The van der Waals surface area contributed by atoms with Gasteiger partial charge in [-0.15, -0.1) is 0 Å². The van der Waals surface area contributed by atoms with Crippen LogP contribution in [-0.4, -0.2) is 43.6 Å². The van der Waals surface area contributed by atoms with Gasteiger partial charge in [-0.25, -0.2) is 4.39 Å². The van der Waals surface area contributed by atoms with E-state index in [1.165, 1.54) is 6.07 Å². The van der Waals surface area contributed by atoms with E-state index in [-0.39, 0.29) is 29.6 Å². The molecule has 0 bridgehead atoms. The highest BCUT2D eigenvalue weighted by molar-refractivity contribution is 5.92. The molecule has 0 aliphatic carbocycles. The van der Waals surface area contributed by atoms with Crippen molar-refractivity contribution >= 4 is 5.91 Å². The van der Waals surface area contributed by atoms with E-state index in [2.05, 4.69) is 10.9 Å². The first kappa shape index (κ1) is 21.7. The Morgan fingerprint density at radius 3 is 2.79 bits per heavy atom. The van der Waals surface area contributed by atoms with Gasteiger partial charge >= 0.3 is 0 Å². The van der Waals surface area contributed by atoms with Gasteiger partial charge in [0.25, 0.3) is 5.91 Å². The molecule has 6 nitrogen and oxygen atoms in total. The van der Waals surface area contributed by atoms with Crippen molar-refractivity contribution in [2.75, 3.05) is 26.7 Å². The van der Waals surface area contributed by atoms with Gasteiger partial charge in [-0.05, 0) is 72.9 Å². The predicted molar refractivity (Wildman–Crippen MR) is 123 cm³/mol. The van der Waals surface area contributed by atoms with Gasteiger partial charge in [0.15, 0.2) is 5.76 Å². The molecule has 2 aromatic carbocycles. The van der Waals surface area contributed by atoms with Gasteiger partial charge in [0, 0.05) is 37.2 Å². The van der Waals surface area contributed by atoms with Gasteiger partial charge in [0.05, 0.1) is 7.11 Å². The summed E-state index contributed by atoms with van der Waals surface area (Å²) < 4.78 is 24.9. The third-order valence-corrected chi connectivity index (χ3v) is 6.75. The molecule has 2 aliphatic heterocycles. The molecule has 33 heavy (non-hydrogen) atoms. The topological polar surface area (TPSA) is 66.7 Å². The summed E-state index contributed by atoms with van der Waals surface area (Å²) in [7, 11) is 1.63. The number of nitrogens with zero attached hydrogens (tertiary/aromatic N) is 1. The van der Waals surface area contributed by atoms with Crippen LogP contribution in [0.15, 0.2) is 65.1 Å². The maximum Gasteiger partial charge on any atom is 0.289 e. The van der Waals surface area contributed by atoms with Gasteiger partial charge in [0.2, 0.25) is 0 Å². The fourth-order valence-corrected chi connectivity index (χ4v) is 5.03. The molecule has 1 aromatic heterocycles.